The summed E-state index contributed by atoms with van der Waals surface area (Å²) in [6.45, 7) is 6.08. The highest BCUT2D eigenvalue weighted by Gasteiger charge is 2.22. The molecule has 1 atom stereocenters. The van der Waals surface area contributed by atoms with Gasteiger partial charge in [-0.25, -0.2) is 4.79 Å². The normalized spacial score (nSPS) is 11.7. The van der Waals surface area contributed by atoms with Crippen molar-refractivity contribution in [3.8, 4) is 5.75 Å². The van der Waals surface area contributed by atoms with Crippen LogP contribution in [-0.2, 0) is 16.1 Å². The van der Waals surface area contributed by atoms with Crippen molar-refractivity contribution in [1.82, 2.24) is 5.32 Å². The second-order valence-corrected chi connectivity index (χ2v) is 6.15. The van der Waals surface area contributed by atoms with Crippen molar-refractivity contribution in [2.24, 2.45) is 0 Å². The number of benzene rings is 1. The molecule has 0 bridgehead atoms. The van der Waals surface area contributed by atoms with Crippen LogP contribution in [0.1, 0.15) is 34.4 Å². The number of nitrogens with one attached hydrogen (secondary N) is 1. The molecule has 7 heteroatoms. The molecule has 0 aliphatic rings. The van der Waals surface area contributed by atoms with E-state index in [0.29, 0.717) is 5.76 Å². The van der Waals surface area contributed by atoms with Crippen LogP contribution in [0.5, 0.6) is 5.75 Å². The van der Waals surface area contributed by atoms with E-state index in [1.165, 1.54) is 6.07 Å². The second kappa shape index (κ2) is 9.33. The molecule has 6 nitrogen and oxygen atoms in total. The summed E-state index contributed by atoms with van der Waals surface area (Å²) in [4.78, 5) is 24.0. The maximum Gasteiger partial charge on any atom is 0.329 e. The van der Waals surface area contributed by atoms with Gasteiger partial charge >= 0.3 is 5.97 Å². The third kappa shape index (κ3) is 5.29. The summed E-state index contributed by atoms with van der Waals surface area (Å²) in [5.41, 5.74) is 2.12. The van der Waals surface area contributed by atoms with Crippen LogP contribution in [-0.4, -0.2) is 30.3 Å². The van der Waals surface area contributed by atoms with Crippen LogP contribution in [0.25, 0.3) is 0 Å². The predicted octanol–water partition coefficient (Wildman–Crippen LogP) is 3.07. The van der Waals surface area contributed by atoms with Crippen molar-refractivity contribution in [2.45, 2.75) is 33.4 Å². The standard InChI is InChI=1S/C19H23NO5S/c1-4-23-19(22)15(11-26)20-18(21)16-8-7-14(25-16)10-24-17-9-12(2)5-6-13(17)3/h5-9,15,26H,4,10-11H2,1-3H3,(H,20,21)/t15-/m0/s1. The SMILES string of the molecule is CCOC(=O)[C@H](CS)NC(=O)c1ccc(COc2cc(C)ccc2C)o1. The molecule has 0 unspecified atom stereocenters. The average molecular weight is 377 g/mol. The Morgan fingerprint density at radius 3 is 2.69 bits per heavy atom. The lowest BCUT2D eigenvalue weighted by Gasteiger charge is -2.14. The summed E-state index contributed by atoms with van der Waals surface area (Å²) in [7, 11) is 0. The quantitative estimate of drug-likeness (QED) is 0.546. The Hall–Kier alpha value is -2.41. The molecule has 1 aromatic heterocycles. The summed E-state index contributed by atoms with van der Waals surface area (Å²) in [5.74, 6) is 0.476. The molecular weight excluding hydrogens is 354 g/mol. The molecule has 0 saturated carbocycles. The Kier molecular flexibility index (Phi) is 7.15. The van der Waals surface area contributed by atoms with Gasteiger partial charge in [-0.3, -0.25) is 4.79 Å². The van der Waals surface area contributed by atoms with Gasteiger partial charge in [0.1, 0.15) is 24.2 Å². The van der Waals surface area contributed by atoms with Gasteiger partial charge in [0.05, 0.1) is 6.61 Å². The van der Waals surface area contributed by atoms with E-state index in [1.807, 2.05) is 32.0 Å². The molecule has 2 rings (SSSR count). The van der Waals surface area contributed by atoms with Crippen LogP contribution in [0.2, 0.25) is 0 Å². The first-order chi connectivity index (χ1) is 12.4. The predicted molar refractivity (Wildman–Crippen MR) is 101 cm³/mol. The van der Waals surface area contributed by atoms with Crippen LogP contribution in [0.4, 0.5) is 0 Å². The van der Waals surface area contributed by atoms with E-state index in [9.17, 15) is 9.59 Å². The topological polar surface area (TPSA) is 77.8 Å². The summed E-state index contributed by atoms with van der Waals surface area (Å²) in [6, 6.07) is 8.32. The van der Waals surface area contributed by atoms with Gasteiger partial charge in [0.2, 0.25) is 0 Å². The van der Waals surface area contributed by atoms with E-state index in [0.717, 1.165) is 16.9 Å². The van der Waals surface area contributed by atoms with Gasteiger partial charge in [0.25, 0.3) is 5.91 Å². The van der Waals surface area contributed by atoms with Crippen LogP contribution in [0.15, 0.2) is 34.7 Å². The summed E-state index contributed by atoms with van der Waals surface area (Å²) in [5, 5.41) is 2.55. The summed E-state index contributed by atoms with van der Waals surface area (Å²) in [6.07, 6.45) is 0. The minimum Gasteiger partial charge on any atom is -0.485 e. The number of amides is 1. The molecule has 26 heavy (non-hydrogen) atoms. The fourth-order valence-corrected chi connectivity index (χ4v) is 2.48. The number of hydrogen-bond donors (Lipinski definition) is 2. The average Bonchev–Trinajstić information content (AvgIpc) is 3.09. The third-order valence-corrected chi connectivity index (χ3v) is 4.02. The lowest BCUT2D eigenvalue weighted by Crippen LogP contribution is -2.43. The van der Waals surface area contributed by atoms with Crippen molar-refractivity contribution in [3.05, 3.63) is 53.0 Å². The lowest BCUT2D eigenvalue weighted by molar-refractivity contribution is -0.144. The van der Waals surface area contributed by atoms with E-state index in [4.69, 9.17) is 13.9 Å². The van der Waals surface area contributed by atoms with Crippen LogP contribution in [0.3, 0.4) is 0 Å². The maximum absolute atomic E-state index is 12.2. The number of carbonyl (C=O) groups excluding carboxylic acids is 2. The number of thiol groups is 1. The number of carbonyl (C=O) groups is 2. The number of furan rings is 1. The largest absolute Gasteiger partial charge is 0.485 e. The lowest BCUT2D eigenvalue weighted by atomic mass is 10.1. The molecule has 0 radical (unpaired) electrons. The van der Waals surface area contributed by atoms with Gasteiger partial charge < -0.3 is 19.2 Å². The molecule has 0 fully saturated rings. The van der Waals surface area contributed by atoms with Crippen molar-refractivity contribution >= 4 is 24.5 Å². The molecule has 1 N–H and O–H groups in total. The van der Waals surface area contributed by atoms with E-state index in [-0.39, 0.29) is 24.7 Å². The Bertz CT molecular complexity index is 771. The summed E-state index contributed by atoms with van der Waals surface area (Å²) >= 11 is 4.07. The number of ether oxygens (including phenoxy) is 2. The van der Waals surface area contributed by atoms with E-state index < -0.39 is 17.9 Å². The van der Waals surface area contributed by atoms with Gasteiger partial charge in [-0.05, 0) is 50.1 Å². The molecule has 0 aliphatic carbocycles. The molecule has 1 heterocycles. The molecule has 0 saturated heterocycles. The Morgan fingerprint density at radius 2 is 2.00 bits per heavy atom. The zero-order valence-corrected chi connectivity index (χ0v) is 16.0. The van der Waals surface area contributed by atoms with Gasteiger partial charge in [0, 0.05) is 5.75 Å². The Labute approximate surface area is 158 Å². The highest BCUT2D eigenvalue weighted by Crippen LogP contribution is 2.21. The first kappa shape index (κ1) is 19.9. The zero-order chi connectivity index (χ0) is 19.1. The molecular formula is C19H23NO5S. The Balaban J connectivity index is 1.96. The van der Waals surface area contributed by atoms with Gasteiger partial charge in [-0.1, -0.05) is 12.1 Å². The van der Waals surface area contributed by atoms with E-state index >= 15 is 0 Å². The number of rotatable bonds is 8. The third-order valence-electron chi connectivity index (χ3n) is 3.66. The summed E-state index contributed by atoms with van der Waals surface area (Å²) < 4.78 is 16.2. The number of esters is 1. The molecule has 140 valence electrons. The van der Waals surface area contributed by atoms with Gasteiger partial charge in [-0.15, -0.1) is 0 Å². The van der Waals surface area contributed by atoms with Crippen molar-refractivity contribution in [2.75, 3.05) is 12.4 Å². The van der Waals surface area contributed by atoms with Crippen molar-refractivity contribution in [3.63, 3.8) is 0 Å². The fraction of sp³-hybridized carbons (Fsp3) is 0.368. The molecule has 0 spiro atoms. The maximum atomic E-state index is 12.2. The van der Waals surface area contributed by atoms with Crippen LogP contribution >= 0.6 is 12.6 Å². The number of aryl methyl sites for hydroxylation is 2. The highest BCUT2D eigenvalue weighted by molar-refractivity contribution is 7.80. The molecule has 1 aromatic carbocycles. The molecule has 0 aliphatic heterocycles. The van der Waals surface area contributed by atoms with Gasteiger partial charge in [0.15, 0.2) is 5.76 Å². The second-order valence-electron chi connectivity index (χ2n) is 5.78. The van der Waals surface area contributed by atoms with Crippen LogP contribution in [0, 0.1) is 13.8 Å². The monoisotopic (exact) mass is 377 g/mol. The van der Waals surface area contributed by atoms with Crippen LogP contribution < -0.4 is 10.1 Å². The van der Waals surface area contributed by atoms with Gasteiger partial charge in [-0.2, -0.15) is 12.6 Å². The zero-order valence-electron chi connectivity index (χ0n) is 15.1. The van der Waals surface area contributed by atoms with E-state index in [2.05, 4.69) is 17.9 Å². The molecule has 2 aromatic rings. The van der Waals surface area contributed by atoms with Crippen molar-refractivity contribution in [1.29, 1.82) is 0 Å². The van der Waals surface area contributed by atoms with E-state index in [1.54, 1.807) is 13.0 Å². The smallest absolute Gasteiger partial charge is 0.329 e. The minimum absolute atomic E-state index is 0.0978. The highest BCUT2D eigenvalue weighted by atomic mass is 32.1. The van der Waals surface area contributed by atoms with Crippen molar-refractivity contribution < 1.29 is 23.5 Å². The minimum atomic E-state index is -0.828. The molecule has 1 amide bonds. The first-order valence-corrected chi connectivity index (χ1v) is 8.95. The number of hydrogen-bond acceptors (Lipinski definition) is 6. The Morgan fingerprint density at radius 1 is 1.23 bits per heavy atom. The fourth-order valence-electron chi connectivity index (χ4n) is 2.24. The first-order valence-electron chi connectivity index (χ1n) is 8.31.